The lowest BCUT2D eigenvalue weighted by Gasteiger charge is -2.22. The third kappa shape index (κ3) is 70.0. The molecule has 0 saturated heterocycles. The quantitative estimate of drug-likeness (QED) is 0.0417. The third-order valence-corrected chi connectivity index (χ3v) is 18.9. The maximum Gasteiger partial charge on any atom is 0.305 e. The molecule has 2 atom stereocenters. The van der Waals surface area contributed by atoms with Gasteiger partial charge in [0.2, 0.25) is 5.91 Å². The van der Waals surface area contributed by atoms with Gasteiger partial charge in [-0.15, -0.1) is 0 Å². The molecule has 0 aromatic carbocycles. The zero-order chi connectivity index (χ0) is 60.6. The lowest BCUT2D eigenvalue weighted by atomic mass is 10.0. The number of nitrogens with one attached hydrogen (secondary N) is 1. The van der Waals surface area contributed by atoms with E-state index in [-0.39, 0.29) is 18.5 Å². The van der Waals surface area contributed by atoms with Crippen molar-refractivity contribution in [2.24, 2.45) is 0 Å². The number of ether oxygens (including phenoxy) is 1. The van der Waals surface area contributed by atoms with Crippen LogP contribution in [0.1, 0.15) is 463 Å². The van der Waals surface area contributed by atoms with Crippen molar-refractivity contribution in [1.82, 2.24) is 5.32 Å². The molecule has 6 heteroatoms. The van der Waals surface area contributed by atoms with Gasteiger partial charge in [-0.25, -0.2) is 0 Å². The van der Waals surface area contributed by atoms with Crippen LogP contribution in [0.2, 0.25) is 0 Å². The van der Waals surface area contributed by atoms with Crippen molar-refractivity contribution in [2.75, 3.05) is 13.2 Å². The molecule has 0 aliphatic heterocycles. The van der Waals surface area contributed by atoms with Crippen LogP contribution in [-0.4, -0.2) is 47.4 Å². The number of aliphatic hydroxyl groups excluding tert-OH is 2. The molecule has 6 nitrogen and oxygen atoms in total. The largest absolute Gasteiger partial charge is 0.466 e. The van der Waals surface area contributed by atoms with E-state index < -0.39 is 12.1 Å². The molecule has 0 aromatic heterocycles. The zero-order valence-electron chi connectivity index (χ0n) is 57.7. The standard InChI is InChI=1S/C78H155NO5/c1-3-5-7-9-11-13-15-17-18-19-42-45-48-52-56-60-64-68-72-78(83)84-73-69-65-61-57-53-49-46-43-40-38-36-34-32-30-28-26-24-22-20-21-23-25-27-29-31-33-35-37-39-41-44-47-51-55-59-63-67-71-77(82)79-75(74-80)76(81)70-66-62-58-54-50-16-14-12-10-8-6-4-2/h75-76,80-81H,3-74H2,1-2H3,(H,79,82). The number of unbranched alkanes of at least 4 members (excludes halogenated alkanes) is 64. The summed E-state index contributed by atoms with van der Waals surface area (Å²) in [5.41, 5.74) is 0. The minimum Gasteiger partial charge on any atom is -0.466 e. The van der Waals surface area contributed by atoms with Gasteiger partial charge in [-0.1, -0.05) is 425 Å². The number of carbonyl (C=O) groups excluding carboxylic acids is 2. The Balaban J connectivity index is 3.26. The van der Waals surface area contributed by atoms with Gasteiger partial charge < -0.3 is 20.3 Å². The summed E-state index contributed by atoms with van der Waals surface area (Å²) in [5, 5.41) is 23.3. The first kappa shape index (κ1) is 82.9. The summed E-state index contributed by atoms with van der Waals surface area (Å²) in [6, 6.07) is -0.535. The Morgan fingerprint density at radius 1 is 0.286 bits per heavy atom. The first-order valence-corrected chi connectivity index (χ1v) is 39.3. The van der Waals surface area contributed by atoms with Crippen LogP contribution in [0.15, 0.2) is 0 Å². The van der Waals surface area contributed by atoms with E-state index in [1.54, 1.807) is 0 Å². The SMILES string of the molecule is CCCCCCCCCCCCCCCCCCCCC(=O)OCCCCCCCCCCCCCCCCCCCCCCCCCCCCCCCCCCCCCCCC(=O)NC(CO)C(O)CCCCCCCCCCCCCC. The average Bonchev–Trinajstić information content (AvgIpc) is 3.51. The van der Waals surface area contributed by atoms with Gasteiger partial charge in [-0.2, -0.15) is 0 Å². The maximum atomic E-state index is 12.5. The van der Waals surface area contributed by atoms with Gasteiger partial charge in [-0.05, 0) is 25.7 Å². The number of carbonyl (C=O) groups is 2. The molecule has 84 heavy (non-hydrogen) atoms. The molecule has 0 rings (SSSR count). The Morgan fingerprint density at radius 2 is 0.488 bits per heavy atom. The van der Waals surface area contributed by atoms with Gasteiger partial charge in [0, 0.05) is 12.8 Å². The van der Waals surface area contributed by atoms with Gasteiger partial charge in [0.15, 0.2) is 0 Å². The van der Waals surface area contributed by atoms with Gasteiger partial charge in [0.05, 0.1) is 25.4 Å². The summed E-state index contributed by atoms with van der Waals surface area (Å²) in [6.45, 7) is 5.00. The summed E-state index contributed by atoms with van der Waals surface area (Å²) in [7, 11) is 0. The summed E-state index contributed by atoms with van der Waals surface area (Å²) in [6.07, 6.45) is 92.1. The predicted octanol–water partition coefficient (Wildman–Crippen LogP) is 25.7. The second kappa shape index (κ2) is 74.3. The second-order valence-corrected chi connectivity index (χ2v) is 27.4. The summed E-state index contributed by atoms with van der Waals surface area (Å²) in [5.74, 6) is 0.00260. The molecule has 0 bridgehead atoms. The van der Waals surface area contributed by atoms with Gasteiger partial charge in [-0.3, -0.25) is 9.59 Å². The Kier molecular flexibility index (Phi) is 73.3. The number of amides is 1. The smallest absolute Gasteiger partial charge is 0.305 e. The monoisotopic (exact) mass is 1190 g/mol. The molecule has 3 N–H and O–H groups in total. The fraction of sp³-hybridized carbons (Fsp3) is 0.974. The van der Waals surface area contributed by atoms with E-state index in [9.17, 15) is 19.8 Å². The average molecular weight is 1190 g/mol. The zero-order valence-corrected chi connectivity index (χ0v) is 57.7. The highest BCUT2D eigenvalue weighted by molar-refractivity contribution is 5.76. The molecule has 0 aliphatic rings. The maximum absolute atomic E-state index is 12.5. The van der Waals surface area contributed by atoms with Gasteiger partial charge >= 0.3 is 5.97 Å². The fourth-order valence-electron chi connectivity index (χ4n) is 12.9. The van der Waals surface area contributed by atoms with Crippen molar-refractivity contribution in [1.29, 1.82) is 0 Å². The van der Waals surface area contributed by atoms with Crippen LogP contribution in [-0.2, 0) is 14.3 Å². The molecular weight excluding hydrogens is 1030 g/mol. The van der Waals surface area contributed by atoms with E-state index >= 15 is 0 Å². The molecule has 0 aliphatic carbocycles. The summed E-state index contributed by atoms with van der Waals surface area (Å²) in [4.78, 5) is 24.6. The van der Waals surface area contributed by atoms with Crippen molar-refractivity contribution in [3.63, 3.8) is 0 Å². The van der Waals surface area contributed by atoms with Crippen LogP contribution in [0.5, 0.6) is 0 Å². The van der Waals surface area contributed by atoms with Crippen molar-refractivity contribution in [3.8, 4) is 0 Å². The van der Waals surface area contributed by atoms with Crippen molar-refractivity contribution in [2.45, 2.75) is 475 Å². The van der Waals surface area contributed by atoms with Crippen LogP contribution < -0.4 is 5.32 Å². The number of esters is 1. The highest BCUT2D eigenvalue weighted by Crippen LogP contribution is 2.21. The first-order valence-electron chi connectivity index (χ1n) is 39.3. The Labute approximate surface area is 527 Å². The third-order valence-electron chi connectivity index (χ3n) is 18.9. The molecule has 0 spiro atoms. The minimum absolute atomic E-state index is 0.0265. The van der Waals surface area contributed by atoms with Crippen molar-refractivity contribution in [3.05, 3.63) is 0 Å². The molecule has 502 valence electrons. The topological polar surface area (TPSA) is 95.9 Å². The van der Waals surface area contributed by atoms with E-state index in [2.05, 4.69) is 19.2 Å². The molecule has 0 radical (unpaired) electrons. The fourth-order valence-corrected chi connectivity index (χ4v) is 12.9. The van der Waals surface area contributed by atoms with Crippen LogP contribution in [0.25, 0.3) is 0 Å². The number of rotatable bonds is 75. The van der Waals surface area contributed by atoms with E-state index in [1.165, 1.54) is 392 Å². The van der Waals surface area contributed by atoms with E-state index in [1.807, 2.05) is 0 Å². The van der Waals surface area contributed by atoms with Gasteiger partial charge in [0.25, 0.3) is 0 Å². The number of aliphatic hydroxyl groups is 2. The van der Waals surface area contributed by atoms with E-state index in [4.69, 9.17) is 4.74 Å². The molecule has 1 amide bonds. The Morgan fingerprint density at radius 3 is 0.726 bits per heavy atom. The Bertz CT molecular complexity index is 1230. The van der Waals surface area contributed by atoms with E-state index in [0.717, 1.165) is 38.5 Å². The predicted molar refractivity (Wildman–Crippen MR) is 371 cm³/mol. The van der Waals surface area contributed by atoms with Gasteiger partial charge in [0.1, 0.15) is 0 Å². The van der Waals surface area contributed by atoms with Crippen LogP contribution in [0.4, 0.5) is 0 Å². The molecule has 0 heterocycles. The number of hydrogen-bond acceptors (Lipinski definition) is 5. The summed E-state index contributed by atoms with van der Waals surface area (Å²) < 4.78 is 5.52. The van der Waals surface area contributed by atoms with Crippen LogP contribution in [0, 0.1) is 0 Å². The molecule has 0 fully saturated rings. The second-order valence-electron chi connectivity index (χ2n) is 27.4. The molecule has 2 unspecified atom stereocenters. The van der Waals surface area contributed by atoms with Crippen molar-refractivity contribution < 1.29 is 24.5 Å². The summed E-state index contributed by atoms with van der Waals surface area (Å²) >= 11 is 0. The molecule has 0 aromatic rings. The molecule has 0 saturated carbocycles. The lowest BCUT2D eigenvalue weighted by molar-refractivity contribution is -0.143. The highest BCUT2D eigenvalue weighted by Gasteiger charge is 2.20. The first-order chi connectivity index (χ1) is 41.5. The highest BCUT2D eigenvalue weighted by atomic mass is 16.5. The van der Waals surface area contributed by atoms with Crippen LogP contribution >= 0.6 is 0 Å². The van der Waals surface area contributed by atoms with Crippen molar-refractivity contribution >= 4 is 11.9 Å². The molecular formula is C78H155NO5. The minimum atomic E-state index is -0.658. The lowest BCUT2D eigenvalue weighted by Crippen LogP contribution is -2.45. The normalized spacial score (nSPS) is 12.4. The number of hydrogen-bond donors (Lipinski definition) is 3. The van der Waals surface area contributed by atoms with E-state index in [0.29, 0.717) is 25.9 Å². The Hall–Kier alpha value is -1.14. The van der Waals surface area contributed by atoms with Crippen LogP contribution in [0.3, 0.4) is 0 Å².